The normalized spacial score (nSPS) is 10.2. The summed E-state index contributed by atoms with van der Waals surface area (Å²) in [4.78, 5) is 13.3. The van der Waals surface area contributed by atoms with Gasteiger partial charge in [-0.15, -0.1) is 0 Å². The molecule has 0 aliphatic rings. The molecule has 21 heavy (non-hydrogen) atoms. The van der Waals surface area contributed by atoms with Crippen molar-refractivity contribution in [1.82, 2.24) is 4.90 Å². The molecule has 0 aliphatic heterocycles. The van der Waals surface area contributed by atoms with Gasteiger partial charge in [0.15, 0.2) is 0 Å². The Morgan fingerprint density at radius 2 is 1.95 bits per heavy atom. The van der Waals surface area contributed by atoms with Crippen molar-refractivity contribution in [2.24, 2.45) is 0 Å². The zero-order valence-electron chi connectivity index (χ0n) is 11.4. The van der Waals surface area contributed by atoms with E-state index in [9.17, 15) is 13.6 Å². The van der Waals surface area contributed by atoms with Crippen LogP contribution in [-0.4, -0.2) is 18.0 Å². The van der Waals surface area contributed by atoms with E-state index in [1.807, 2.05) is 6.07 Å². The second kappa shape index (κ2) is 6.21. The van der Waals surface area contributed by atoms with Crippen molar-refractivity contribution in [3.8, 4) is 0 Å². The molecule has 110 valence electrons. The minimum absolute atomic E-state index is 0.0747. The molecular formula is C15H15F2N3O. The van der Waals surface area contributed by atoms with E-state index >= 15 is 0 Å². The van der Waals surface area contributed by atoms with Gasteiger partial charge in [-0.05, 0) is 23.8 Å². The molecule has 0 radical (unpaired) electrons. The molecule has 2 rings (SSSR count). The van der Waals surface area contributed by atoms with Crippen molar-refractivity contribution in [2.45, 2.75) is 6.54 Å². The van der Waals surface area contributed by atoms with Crippen LogP contribution < -0.4 is 11.1 Å². The number of nitrogens with zero attached hydrogens (tertiary/aromatic N) is 1. The third-order valence-corrected chi connectivity index (χ3v) is 2.98. The van der Waals surface area contributed by atoms with Gasteiger partial charge in [-0.2, -0.15) is 0 Å². The summed E-state index contributed by atoms with van der Waals surface area (Å²) < 4.78 is 26.3. The summed E-state index contributed by atoms with van der Waals surface area (Å²) >= 11 is 0. The zero-order chi connectivity index (χ0) is 15.4. The molecule has 2 aromatic carbocycles. The van der Waals surface area contributed by atoms with Crippen molar-refractivity contribution in [3.63, 3.8) is 0 Å². The first-order chi connectivity index (χ1) is 9.97. The maximum Gasteiger partial charge on any atom is 0.321 e. The van der Waals surface area contributed by atoms with E-state index in [1.165, 1.54) is 11.0 Å². The van der Waals surface area contributed by atoms with Crippen LogP contribution in [-0.2, 0) is 6.54 Å². The summed E-state index contributed by atoms with van der Waals surface area (Å²) in [6.45, 7) is 0.279. The number of rotatable bonds is 3. The van der Waals surface area contributed by atoms with E-state index in [-0.39, 0.29) is 12.2 Å². The van der Waals surface area contributed by atoms with Crippen LogP contribution in [0.15, 0.2) is 42.5 Å². The lowest BCUT2D eigenvalue weighted by Crippen LogP contribution is -2.31. The molecule has 0 heterocycles. The molecule has 0 fully saturated rings. The van der Waals surface area contributed by atoms with E-state index in [1.54, 1.807) is 25.2 Å². The second-order valence-electron chi connectivity index (χ2n) is 4.61. The highest BCUT2D eigenvalue weighted by atomic mass is 19.1. The molecule has 0 aromatic heterocycles. The number of carbonyl (C=O) groups is 1. The van der Waals surface area contributed by atoms with Crippen LogP contribution in [0.25, 0.3) is 0 Å². The molecule has 4 nitrogen and oxygen atoms in total. The molecule has 2 aromatic rings. The summed E-state index contributed by atoms with van der Waals surface area (Å²) in [5.41, 5.74) is 7.09. The largest absolute Gasteiger partial charge is 0.398 e. The number of urea groups is 1. The van der Waals surface area contributed by atoms with Gasteiger partial charge < -0.3 is 16.0 Å². The maximum absolute atomic E-state index is 13.5. The molecule has 0 unspecified atom stereocenters. The van der Waals surface area contributed by atoms with Gasteiger partial charge in [0.25, 0.3) is 0 Å². The Hall–Kier alpha value is -2.63. The van der Waals surface area contributed by atoms with Crippen molar-refractivity contribution < 1.29 is 13.6 Å². The molecule has 0 saturated carbocycles. The number of anilines is 2. The van der Waals surface area contributed by atoms with Crippen molar-refractivity contribution >= 4 is 17.4 Å². The maximum atomic E-state index is 13.5. The Balaban J connectivity index is 2.04. The summed E-state index contributed by atoms with van der Waals surface area (Å²) in [5, 5.41) is 2.38. The summed E-state index contributed by atoms with van der Waals surface area (Å²) in [5.74, 6) is -1.52. The quantitative estimate of drug-likeness (QED) is 0.853. The fourth-order valence-corrected chi connectivity index (χ4v) is 1.81. The van der Waals surface area contributed by atoms with Crippen molar-refractivity contribution in [3.05, 3.63) is 59.7 Å². The predicted octanol–water partition coefficient (Wildman–Crippen LogP) is 3.21. The van der Waals surface area contributed by atoms with Crippen LogP contribution in [0, 0.1) is 11.6 Å². The van der Waals surface area contributed by atoms with Crippen LogP contribution in [0.3, 0.4) is 0 Å². The Morgan fingerprint density at radius 3 is 2.62 bits per heavy atom. The highest BCUT2D eigenvalue weighted by molar-refractivity contribution is 5.89. The van der Waals surface area contributed by atoms with E-state index in [4.69, 9.17) is 5.73 Å². The highest BCUT2D eigenvalue weighted by Crippen LogP contribution is 2.17. The average molecular weight is 291 g/mol. The van der Waals surface area contributed by atoms with Gasteiger partial charge in [-0.1, -0.05) is 18.2 Å². The molecule has 2 amide bonds. The fraction of sp³-hybridized carbons (Fsp3) is 0.133. The van der Waals surface area contributed by atoms with Crippen LogP contribution in [0.2, 0.25) is 0 Å². The van der Waals surface area contributed by atoms with Gasteiger partial charge in [0.2, 0.25) is 0 Å². The third-order valence-electron chi connectivity index (χ3n) is 2.98. The van der Waals surface area contributed by atoms with Crippen LogP contribution >= 0.6 is 0 Å². The number of nitrogen functional groups attached to an aromatic ring is 1. The molecule has 0 saturated heterocycles. The standard InChI is InChI=1S/C15H15F2N3O/c1-20(9-10-4-2-3-5-13(10)18)15(21)19-14-7-6-11(16)8-12(14)17/h2-8H,9,18H2,1H3,(H,19,21). The lowest BCUT2D eigenvalue weighted by Gasteiger charge is -2.19. The van der Waals surface area contributed by atoms with E-state index < -0.39 is 17.7 Å². The monoisotopic (exact) mass is 291 g/mol. The topological polar surface area (TPSA) is 58.4 Å². The van der Waals surface area contributed by atoms with E-state index in [0.717, 1.165) is 11.6 Å². The molecule has 3 N–H and O–H groups in total. The molecule has 0 spiro atoms. The SMILES string of the molecule is CN(Cc1ccccc1N)C(=O)Nc1ccc(F)cc1F. The lowest BCUT2D eigenvalue weighted by molar-refractivity contribution is 0.220. The number of nitrogens with two attached hydrogens (primary N) is 1. The predicted molar refractivity (Wildman–Crippen MR) is 77.7 cm³/mol. The van der Waals surface area contributed by atoms with Crippen LogP contribution in [0.4, 0.5) is 25.0 Å². The van der Waals surface area contributed by atoms with Gasteiger partial charge >= 0.3 is 6.03 Å². The van der Waals surface area contributed by atoms with Gasteiger partial charge in [0, 0.05) is 25.3 Å². The average Bonchev–Trinajstić information content (AvgIpc) is 2.44. The van der Waals surface area contributed by atoms with Gasteiger partial charge in [0.05, 0.1) is 5.69 Å². The molecule has 0 aliphatic carbocycles. The van der Waals surface area contributed by atoms with E-state index in [2.05, 4.69) is 5.32 Å². The summed E-state index contributed by atoms with van der Waals surface area (Å²) in [6, 6.07) is 9.61. The summed E-state index contributed by atoms with van der Waals surface area (Å²) in [6.07, 6.45) is 0. The zero-order valence-corrected chi connectivity index (χ0v) is 11.4. The van der Waals surface area contributed by atoms with Crippen LogP contribution in [0.5, 0.6) is 0 Å². The van der Waals surface area contributed by atoms with Crippen LogP contribution in [0.1, 0.15) is 5.56 Å². The summed E-state index contributed by atoms with van der Waals surface area (Å²) in [7, 11) is 1.56. The smallest absolute Gasteiger partial charge is 0.321 e. The number of hydrogen-bond donors (Lipinski definition) is 2. The number of halogens is 2. The second-order valence-corrected chi connectivity index (χ2v) is 4.61. The minimum Gasteiger partial charge on any atom is -0.398 e. The number of para-hydroxylation sites is 1. The Bertz CT molecular complexity index is 661. The first-order valence-corrected chi connectivity index (χ1v) is 6.28. The molecule has 0 atom stereocenters. The Morgan fingerprint density at radius 1 is 1.24 bits per heavy atom. The number of carbonyl (C=O) groups excluding carboxylic acids is 1. The minimum atomic E-state index is -0.823. The fourth-order valence-electron chi connectivity index (χ4n) is 1.81. The highest BCUT2D eigenvalue weighted by Gasteiger charge is 2.13. The van der Waals surface area contributed by atoms with Crippen molar-refractivity contribution in [2.75, 3.05) is 18.1 Å². The molecular weight excluding hydrogens is 276 g/mol. The number of amides is 2. The third kappa shape index (κ3) is 3.68. The van der Waals surface area contributed by atoms with Gasteiger partial charge in [-0.3, -0.25) is 0 Å². The Labute approximate surface area is 121 Å². The number of nitrogens with one attached hydrogen (secondary N) is 1. The number of benzene rings is 2. The molecule has 0 bridgehead atoms. The Kier molecular flexibility index (Phi) is 4.37. The first-order valence-electron chi connectivity index (χ1n) is 6.28. The van der Waals surface area contributed by atoms with E-state index in [0.29, 0.717) is 11.8 Å². The first kappa shape index (κ1) is 14.8. The van der Waals surface area contributed by atoms with Gasteiger partial charge in [0.1, 0.15) is 11.6 Å². The lowest BCUT2D eigenvalue weighted by atomic mass is 10.2. The van der Waals surface area contributed by atoms with Gasteiger partial charge in [-0.25, -0.2) is 13.6 Å². The molecule has 6 heteroatoms. The number of hydrogen-bond acceptors (Lipinski definition) is 2. The van der Waals surface area contributed by atoms with Crippen molar-refractivity contribution in [1.29, 1.82) is 0 Å².